The van der Waals surface area contributed by atoms with Gasteiger partial charge >= 0.3 is 0 Å². The van der Waals surface area contributed by atoms with Crippen molar-refractivity contribution in [2.45, 2.75) is 12.7 Å². The Kier molecular flexibility index (Phi) is 2.58. The van der Waals surface area contributed by atoms with Crippen LogP contribution in [-0.2, 0) is 15.9 Å². The number of benzene rings is 1. The van der Waals surface area contributed by atoms with Gasteiger partial charge in [0.1, 0.15) is 5.75 Å². The average Bonchev–Trinajstić information content (AvgIpc) is 1.94. The maximum Gasteiger partial charge on any atom is 0.269 e. The Hall–Kier alpha value is -1.07. The summed E-state index contributed by atoms with van der Waals surface area (Å²) in [5, 5.41) is 0. The SMILES string of the molecule is Cc1ccc(CS(=O)(=O)O)cc1N. The van der Waals surface area contributed by atoms with Gasteiger partial charge in [-0.15, -0.1) is 0 Å². The predicted octanol–water partition coefficient (Wildman–Crippen LogP) is 0.965. The second kappa shape index (κ2) is 3.35. The van der Waals surface area contributed by atoms with E-state index in [4.69, 9.17) is 10.3 Å². The summed E-state index contributed by atoms with van der Waals surface area (Å²) in [6.07, 6.45) is 0. The van der Waals surface area contributed by atoms with E-state index in [2.05, 4.69) is 0 Å². The summed E-state index contributed by atoms with van der Waals surface area (Å²) >= 11 is 0. The number of anilines is 1. The Morgan fingerprint density at radius 2 is 2.08 bits per heavy atom. The molecule has 0 saturated heterocycles. The normalized spacial score (nSPS) is 11.5. The first-order chi connectivity index (χ1) is 5.88. The monoisotopic (exact) mass is 201 g/mol. The fourth-order valence-electron chi connectivity index (χ4n) is 0.990. The van der Waals surface area contributed by atoms with Gasteiger partial charge in [-0.05, 0) is 24.1 Å². The van der Waals surface area contributed by atoms with Crippen LogP contribution in [0.2, 0.25) is 0 Å². The molecule has 0 unspecified atom stereocenters. The fourth-order valence-corrected chi connectivity index (χ4v) is 1.59. The summed E-state index contributed by atoms with van der Waals surface area (Å²) in [5.41, 5.74) is 7.47. The molecule has 0 aliphatic heterocycles. The number of rotatable bonds is 2. The van der Waals surface area contributed by atoms with Crippen LogP contribution in [-0.4, -0.2) is 13.0 Å². The Balaban J connectivity index is 2.99. The Labute approximate surface area is 77.1 Å². The molecule has 0 heterocycles. The highest BCUT2D eigenvalue weighted by atomic mass is 32.2. The lowest BCUT2D eigenvalue weighted by molar-refractivity contribution is 0.482. The number of hydrogen-bond donors (Lipinski definition) is 2. The molecule has 3 N–H and O–H groups in total. The second-order valence-electron chi connectivity index (χ2n) is 2.92. The molecule has 0 amide bonds. The van der Waals surface area contributed by atoms with Gasteiger partial charge in [-0.2, -0.15) is 8.42 Å². The summed E-state index contributed by atoms with van der Waals surface area (Å²) < 4.78 is 29.6. The molecular weight excluding hydrogens is 190 g/mol. The third-order valence-electron chi connectivity index (χ3n) is 1.69. The molecule has 13 heavy (non-hydrogen) atoms. The number of hydrogen-bond acceptors (Lipinski definition) is 3. The lowest BCUT2D eigenvalue weighted by atomic mass is 10.1. The van der Waals surface area contributed by atoms with Gasteiger partial charge in [-0.25, -0.2) is 0 Å². The van der Waals surface area contributed by atoms with E-state index in [-0.39, 0.29) is 0 Å². The van der Waals surface area contributed by atoms with Crippen molar-refractivity contribution in [1.29, 1.82) is 0 Å². The van der Waals surface area contributed by atoms with Gasteiger partial charge in [0.25, 0.3) is 10.1 Å². The lowest BCUT2D eigenvalue weighted by Gasteiger charge is -2.02. The zero-order valence-electron chi connectivity index (χ0n) is 7.19. The lowest BCUT2D eigenvalue weighted by Crippen LogP contribution is -2.02. The highest BCUT2D eigenvalue weighted by Gasteiger charge is 2.06. The van der Waals surface area contributed by atoms with Crippen LogP contribution in [0.15, 0.2) is 18.2 Å². The topological polar surface area (TPSA) is 80.4 Å². The maximum absolute atomic E-state index is 10.5. The minimum absolute atomic E-state index is 0.391. The first-order valence-electron chi connectivity index (χ1n) is 3.68. The molecule has 4 nitrogen and oxygen atoms in total. The van der Waals surface area contributed by atoms with E-state index in [1.54, 1.807) is 18.2 Å². The van der Waals surface area contributed by atoms with Crippen molar-refractivity contribution in [3.8, 4) is 0 Å². The summed E-state index contributed by atoms with van der Waals surface area (Å²) in [6, 6.07) is 4.89. The molecule has 0 aliphatic carbocycles. The average molecular weight is 201 g/mol. The summed E-state index contributed by atoms with van der Waals surface area (Å²) in [4.78, 5) is 0. The number of nitrogens with two attached hydrogens (primary N) is 1. The van der Waals surface area contributed by atoms with Gasteiger partial charge in [0, 0.05) is 5.69 Å². The highest BCUT2D eigenvalue weighted by molar-refractivity contribution is 7.85. The van der Waals surface area contributed by atoms with E-state index in [0.29, 0.717) is 11.3 Å². The number of nitrogen functional groups attached to an aromatic ring is 1. The van der Waals surface area contributed by atoms with E-state index in [1.807, 2.05) is 6.92 Å². The van der Waals surface area contributed by atoms with Crippen molar-refractivity contribution in [2.75, 3.05) is 5.73 Å². The van der Waals surface area contributed by atoms with Crippen LogP contribution in [0.4, 0.5) is 5.69 Å². The Bertz CT molecular complexity index is 411. The highest BCUT2D eigenvalue weighted by Crippen LogP contribution is 2.14. The van der Waals surface area contributed by atoms with Gasteiger partial charge in [-0.1, -0.05) is 12.1 Å². The molecule has 0 atom stereocenters. The molecule has 72 valence electrons. The third kappa shape index (κ3) is 3.04. The van der Waals surface area contributed by atoms with Gasteiger partial charge in [0.05, 0.1) is 0 Å². The Morgan fingerprint density at radius 1 is 1.46 bits per heavy atom. The first kappa shape index (κ1) is 10.0. The van der Waals surface area contributed by atoms with Crippen molar-refractivity contribution < 1.29 is 13.0 Å². The second-order valence-corrected chi connectivity index (χ2v) is 4.37. The van der Waals surface area contributed by atoms with E-state index >= 15 is 0 Å². The standard InChI is InChI=1S/C8H11NO3S/c1-6-2-3-7(4-8(6)9)5-13(10,11)12/h2-4H,5,9H2,1H3,(H,10,11,12). The van der Waals surface area contributed by atoms with Gasteiger partial charge in [0.2, 0.25) is 0 Å². The minimum atomic E-state index is -3.96. The van der Waals surface area contributed by atoms with E-state index in [9.17, 15) is 8.42 Å². The molecule has 1 aromatic carbocycles. The summed E-state index contributed by atoms with van der Waals surface area (Å²) in [7, 11) is -3.96. The van der Waals surface area contributed by atoms with Crippen LogP contribution >= 0.6 is 0 Å². The minimum Gasteiger partial charge on any atom is -0.399 e. The molecule has 0 radical (unpaired) electrons. The van der Waals surface area contributed by atoms with Crippen molar-refractivity contribution >= 4 is 15.8 Å². The van der Waals surface area contributed by atoms with Gasteiger partial charge in [-0.3, -0.25) is 4.55 Å². The molecule has 0 spiro atoms. The van der Waals surface area contributed by atoms with Crippen LogP contribution in [0.25, 0.3) is 0 Å². The van der Waals surface area contributed by atoms with Crippen LogP contribution in [0.5, 0.6) is 0 Å². The predicted molar refractivity (Wildman–Crippen MR) is 50.8 cm³/mol. The maximum atomic E-state index is 10.5. The van der Waals surface area contributed by atoms with Crippen LogP contribution < -0.4 is 5.73 Å². The van der Waals surface area contributed by atoms with E-state index < -0.39 is 15.9 Å². The van der Waals surface area contributed by atoms with Gasteiger partial charge < -0.3 is 5.73 Å². The van der Waals surface area contributed by atoms with E-state index in [0.717, 1.165) is 5.56 Å². The molecular formula is C8H11NO3S. The third-order valence-corrected chi connectivity index (χ3v) is 2.39. The molecule has 0 aliphatic rings. The number of aryl methyl sites for hydroxylation is 1. The zero-order valence-corrected chi connectivity index (χ0v) is 8.00. The van der Waals surface area contributed by atoms with Crippen LogP contribution in [0.1, 0.15) is 11.1 Å². The largest absolute Gasteiger partial charge is 0.399 e. The van der Waals surface area contributed by atoms with Crippen molar-refractivity contribution in [3.05, 3.63) is 29.3 Å². The molecule has 5 heteroatoms. The van der Waals surface area contributed by atoms with Crippen molar-refractivity contribution in [1.82, 2.24) is 0 Å². The zero-order chi connectivity index (χ0) is 10.1. The van der Waals surface area contributed by atoms with Crippen molar-refractivity contribution in [2.24, 2.45) is 0 Å². The quantitative estimate of drug-likeness (QED) is 0.551. The summed E-state index contributed by atoms with van der Waals surface area (Å²) in [5.74, 6) is -0.391. The van der Waals surface area contributed by atoms with E-state index in [1.165, 1.54) is 0 Å². The molecule has 0 aromatic heterocycles. The molecule has 1 rings (SSSR count). The molecule has 0 saturated carbocycles. The Morgan fingerprint density at radius 3 is 2.54 bits per heavy atom. The fraction of sp³-hybridized carbons (Fsp3) is 0.250. The smallest absolute Gasteiger partial charge is 0.269 e. The molecule has 0 bridgehead atoms. The first-order valence-corrected chi connectivity index (χ1v) is 5.29. The molecule has 0 fully saturated rings. The van der Waals surface area contributed by atoms with Crippen LogP contribution in [0, 0.1) is 6.92 Å². The summed E-state index contributed by atoms with van der Waals surface area (Å²) in [6.45, 7) is 1.83. The molecule has 1 aromatic rings. The van der Waals surface area contributed by atoms with Gasteiger partial charge in [0.15, 0.2) is 0 Å². The van der Waals surface area contributed by atoms with Crippen molar-refractivity contribution in [3.63, 3.8) is 0 Å². The van der Waals surface area contributed by atoms with Crippen LogP contribution in [0.3, 0.4) is 0 Å².